The van der Waals surface area contributed by atoms with Crippen LogP contribution in [0.2, 0.25) is 0 Å². The SMILES string of the molecule is CNCCNC(=O)c1ccc(N2CCNC2=O)cc1.Cl. The van der Waals surface area contributed by atoms with Crippen molar-refractivity contribution in [1.82, 2.24) is 16.0 Å². The molecule has 1 aromatic rings. The van der Waals surface area contributed by atoms with Gasteiger partial charge in [-0.15, -0.1) is 12.4 Å². The second kappa shape index (κ2) is 7.72. The normalized spacial score (nSPS) is 13.7. The summed E-state index contributed by atoms with van der Waals surface area (Å²) in [5.41, 5.74) is 1.40. The number of urea groups is 1. The minimum atomic E-state index is -0.104. The lowest BCUT2D eigenvalue weighted by Gasteiger charge is -2.14. The molecule has 110 valence electrons. The number of likely N-dealkylation sites (N-methyl/N-ethyl adjacent to an activating group) is 1. The van der Waals surface area contributed by atoms with Gasteiger partial charge in [-0.05, 0) is 31.3 Å². The molecule has 1 fully saturated rings. The number of halogens is 1. The lowest BCUT2D eigenvalue weighted by Crippen LogP contribution is -2.30. The Balaban J connectivity index is 0.00000200. The van der Waals surface area contributed by atoms with Crippen molar-refractivity contribution in [1.29, 1.82) is 0 Å². The minimum absolute atomic E-state index is 0. The first-order chi connectivity index (χ1) is 9.22. The fraction of sp³-hybridized carbons (Fsp3) is 0.385. The third kappa shape index (κ3) is 3.85. The van der Waals surface area contributed by atoms with Crippen LogP contribution in [0.4, 0.5) is 10.5 Å². The van der Waals surface area contributed by atoms with Crippen molar-refractivity contribution in [3.63, 3.8) is 0 Å². The van der Waals surface area contributed by atoms with Crippen molar-refractivity contribution >= 4 is 30.0 Å². The van der Waals surface area contributed by atoms with Gasteiger partial charge in [0.2, 0.25) is 0 Å². The second-order valence-corrected chi connectivity index (χ2v) is 4.29. The van der Waals surface area contributed by atoms with Gasteiger partial charge in [0.15, 0.2) is 0 Å². The summed E-state index contributed by atoms with van der Waals surface area (Å²) in [5.74, 6) is -0.104. The molecule has 1 heterocycles. The highest BCUT2D eigenvalue weighted by Crippen LogP contribution is 2.17. The Labute approximate surface area is 124 Å². The van der Waals surface area contributed by atoms with Crippen LogP contribution in [0.15, 0.2) is 24.3 Å². The summed E-state index contributed by atoms with van der Waals surface area (Å²) in [7, 11) is 1.84. The molecule has 0 unspecified atom stereocenters. The van der Waals surface area contributed by atoms with Crippen LogP contribution in [0, 0.1) is 0 Å². The topological polar surface area (TPSA) is 73.5 Å². The largest absolute Gasteiger partial charge is 0.351 e. The van der Waals surface area contributed by atoms with Gasteiger partial charge in [-0.1, -0.05) is 0 Å². The van der Waals surface area contributed by atoms with Crippen molar-refractivity contribution in [2.45, 2.75) is 0 Å². The third-order valence-electron chi connectivity index (χ3n) is 2.96. The van der Waals surface area contributed by atoms with Crippen LogP contribution >= 0.6 is 12.4 Å². The van der Waals surface area contributed by atoms with Crippen LogP contribution < -0.4 is 20.9 Å². The lowest BCUT2D eigenvalue weighted by atomic mass is 10.2. The highest BCUT2D eigenvalue weighted by atomic mass is 35.5. The molecule has 3 amide bonds. The highest BCUT2D eigenvalue weighted by molar-refractivity contribution is 5.96. The standard InChI is InChI=1S/C13H18N4O2.ClH/c1-14-6-7-15-12(18)10-2-4-11(5-3-10)17-9-8-16-13(17)19;/h2-5,14H,6-9H2,1H3,(H,15,18)(H,16,19);1H. The van der Waals surface area contributed by atoms with Gasteiger partial charge in [0, 0.05) is 37.4 Å². The first-order valence-electron chi connectivity index (χ1n) is 6.30. The average molecular weight is 299 g/mol. The summed E-state index contributed by atoms with van der Waals surface area (Å²) >= 11 is 0. The van der Waals surface area contributed by atoms with Crippen LogP contribution in [0.3, 0.4) is 0 Å². The van der Waals surface area contributed by atoms with Crippen LogP contribution in [-0.2, 0) is 0 Å². The number of carbonyl (C=O) groups is 2. The summed E-state index contributed by atoms with van der Waals surface area (Å²) in [6.07, 6.45) is 0. The zero-order chi connectivity index (χ0) is 13.7. The van der Waals surface area contributed by atoms with Gasteiger partial charge in [0.1, 0.15) is 0 Å². The van der Waals surface area contributed by atoms with E-state index >= 15 is 0 Å². The molecule has 1 aromatic carbocycles. The number of amides is 3. The molecule has 1 aliphatic heterocycles. The molecular formula is C13H19ClN4O2. The molecule has 1 saturated heterocycles. The molecule has 0 aromatic heterocycles. The fourth-order valence-electron chi connectivity index (χ4n) is 1.91. The Kier molecular flexibility index (Phi) is 6.27. The number of hydrogen-bond acceptors (Lipinski definition) is 3. The summed E-state index contributed by atoms with van der Waals surface area (Å²) in [4.78, 5) is 24.9. The molecule has 7 heteroatoms. The van der Waals surface area contributed by atoms with Crippen molar-refractivity contribution in [3.05, 3.63) is 29.8 Å². The Hall–Kier alpha value is -1.79. The maximum absolute atomic E-state index is 11.8. The number of nitrogens with zero attached hydrogens (tertiary/aromatic N) is 1. The van der Waals surface area contributed by atoms with E-state index in [9.17, 15) is 9.59 Å². The van der Waals surface area contributed by atoms with Crippen LogP contribution in [0.25, 0.3) is 0 Å². The Morgan fingerprint density at radius 3 is 2.55 bits per heavy atom. The van der Waals surface area contributed by atoms with Crippen molar-refractivity contribution in [2.75, 3.05) is 38.1 Å². The van der Waals surface area contributed by atoms with E-state index < -0.39 is 0 Å². The van der Waals surface area contributed by atoms with Crippen LogP contribution in [-0.4, -0.2) is 45.2 Å². The summed E-state index contributed by atoms with van der Waals surface area (Å²) in [6.45, 7) is 2.64. The zero-order valence-electron chi connectivity index (χ0n) is 11.3. The predicted octanol–water partition coefficient (Wildman–Crippen LogP) is 0.587. The molecule has 1 aliphatic rings. The fourth-order valence-corrected chi connectivity index (χ4v) is 1.91. The van der Waals surface area contributed by atoms with E-state index in [0.717, 1.165) is 12.2 Å². The maximum Gasteiger partial charge on any atom is 0.321 e. The number of anilines is 1. The summed E-state index contributed by atoms with van der Waals surface area (Å²) in [5, 5.41) is 8.50. The first kappa shape index (κ1) is 16.3. The molecule has 6 nitrogen and oxygen atoms in total. The van der Waals surface area contributed by atoms with Gasteiger partial charge in [0.25, 0.3) is 5.91 Å². The van der Waals surface area contributed by atoms with Crippen LogP contribution in [0.5, 0.6) is 0 Å². The second-order valence-electron chi connectivity index (χ2n) is 4.29. The molecule has 2 rings (SSSR count). The average Bonchev–Trinajstić information content (AvgIpc) is 2.85. The van der Waals surface area contributed by atoms with E-state index in [-0.39, 0.29) is 24.3 Å². The molecule has 3 N–H and O–H groups in total. The molecule has 20 heavy (non-hydrogen) atoms. The van der Waals surface area contributed by atoms with Crippen molar-refractivity contribution < 1.29 is 9.59 Å². The molecule has 0 radical (unpaired) electrons. The predicted molar refractivity (Wildman–Crippen MR) is 80.7 cm³/mol. The van der Waals surface area contributed by atoms with E-state index in [1.54, 1.807) is 29.2 Å². The van der Waals surface area contributed by atoms with Gasteiger partial charge in [0.05, 0.1) is 0 Å². The Morgan fingerprint density at radius 2 is 2.00 bits per heavy atom. The number of hydrogen-bond donors (Lipinski definition) is 3. The number of benzene rings is 1. The van der Waals surface area contributed by atoms with Crippen molar-refractivity contribution in [3.8, 4) is 0 Å². The maximum atomic E-state index is 11.8. The first-order valence-corrected chi connectivity index (χ1v) is 6.30. The summed E-state index contributed by atoms with van der Waals surface area (Å²) in [6, 6.07) is 6.95. The number of rotatable bonds is 5. The smallest absolute Gasteiger partial charge is 0.321 e. The van der Waals surface area contributed by atoms with E-state index in [1.165, 1.54) is 0 Å². The van der Waals surface area contributed by atoms with E-state index in [4.69, 9.17) is 0 Å². The van der Waals surface area contributed by atoms with Gasteiger partial charge in [-0.3, -0.25) is 9.69 Å². The Morgan fingerprint density at radius 1 is 1.30 bits per heavy atom. The molecule has 0 atom stereocenters. The lowest BCUT2D eigenvalue weighted by molar-refractivity contribution is 0.0954. The Bertz CT molecular complexity index is 464. The molecule has 0 aliphatic carbocycles. The van der Waals surface area contributed by atoms with E-state index in [0.29, 0.717) is 25.2 Å². The minimum Gasteiger partial charge on any atom is -0.351 e. The zero-order valence-corrected chi connectivity index (χ0v) is 12.1. The highest BCUT2D eigenvalue weighted by Gasteiger charge is 2.20. The number of carbonyl (C=O) groups excluding carboxylic acids is 2. The van der Waals surface area contributed by atoms with Crippen molar-refractivity contribution in [2.24, 2.45) is 0 Å². The van der Waals surface area contributed by atoms with Gasteiger partial charge < -0.3 is 16.0 Å². The third-order valence-corrected chi connectivity index (χ3v) is 2.96. The van der Waals surface area contributed by atoms with Gasteiger partial charge in [-0.25, -0.2) is 4.79 Å². The molecule has 0 spiro atoms. The molecule has 0 saturated carbocycles. The molecular weight excluding hydrogens is 280 g/mol. The van der Waals surface area contributed by atoms with E-state index in [1.807, 2.05) is 7.05 Å². The molecule has 0 bridgehead atoms. The number of nitrogens with one attached hydrogen (secondary N) is 3. The van der Waals surface area contributed by atoms with Crippen LogP contribution in [0.1, 0.15) is 10.4 Å². The quantitative estimate of drug-likeness (QED) is 0.697. The summed E-state index contributed by atoms with van der Waals surface area (Å²) < 4.78 is 0. The van der Waals surface area contributed by atoms with Gasteiger partial charge >= 0.3 is 6.03 Å². The monoisotopic (exact) mass is 298 g/mol. The van der Waals surface area contributed by atoms with Gasteiger partial charge in [-0.2, -0.15) is 0 Å². The van der Waals surface area contributed by atoms with E-state index in [2.05, 4.69) is 16.0 Å².